The topological polar surface area (TPSA) is 44.1 Å². The normalized spacial score (nSPS) is 27.5. The number of amides is 1. The molecule has 0 aliphatic carbocycles. The van der Waals surface area contributed by atoms with Gasteiger partial charge in [-0.2, -0.15) is 5.26 Å². The third-order valence-electron chi connectivity index (χ3n) is 3.37. The number of hydrogen-bond acceptors (Lipinski definition) is 2. The highest BCUT2D eigenvalue weighted by Gasteiger charge is 2.35. The van der Waals surface area contributed by atoms with Crippen molar-refractivity contribution in [3.8, 4) is 6.07 Å². The summed E-state index contributed by atoms with van der Waals surface area (Å²) in [5.41, 5.74) is 0. The zero-order chi connectivity index (χ0) is 11.4. The van der Waals surface area contributed by atoms with E-state index in [4.69, 9.17) is 5.26 Å². The van der Waals surface area contributed by atoms with Crippen LogP contribution in [0.25, 0.3) is 0 Å². The molecule has 1 aliphatic rings. The lowest BCUT2D eigenvalue weighted by Gasteiger charge is -2.29. The maximum absolute atomic E-state index is 12.1. The average Bonchev–Trinajstić information content (AvgIpc) is 2.61. The van der Waals surface area contributed by atoms with Crippen LogP contribution in [0.15, 0.2) is 0 Å². The maximum atomic E-state index is 12.1. The van der Waals surface area contributed by atoms with Crippen molar-refractivity contribution >= 4 is 5.91 Å². The van der Waals surface area contributed by atoms with E-state index in [0.717, 1.165) is 19.3 Å². The van der Waals surface area contributed by atoms with Gasteiger partial charge < -0.3 is 4.90 Å². The van der Waals surface area contributed by atoms with Gasteiger partial charge in [-0.05, 0) is 32.6 Å². The number of hydrogen-bond donors (Lipinski definition) is 0. The number of nitrogens with zero attached hydrogens (tertiary/aromatic N) is 2. The molecule has 0 radical (unpaired) electrons. The Balaban J connectivity index is 2.76. The van der Waals surface area contributed by atoms with E-state index in [-0.39, 0.29) is 5.91 Å². The molecule has 1 rings (SSSR count). The van der Waals surface area contributed by atoms with E-state index in [1.54, 1.807) is 0 Å². The first kappa shape index (κ1) is 12.0. The molecule has 0 spiro atoms. The van der Waals surface area contributed by atoms with Crippen LogP contribution in [0.4, 0.5) is 0 Å². The van der Waals surface area contributed by atoms with Crippen LogP contribution in [0.1, 0.15) is 46.5 Å². The first-order chi connectivity index (χ1) is 7.15. The molecule has 15 heavy (non-hydrogen) atoms. The Morgan fingerprint density at radius 2 is 2.20 bits per heavy atom. The summed E-state index contributed by atoms with van der Waals surface area (Å²) in [5.74, 6) is -0.406. The summed E-state index contributed by atoms with van der Waals surface area (Å²) >= 11 is 0. The van der Waals surface area contributed by atoms with E-state index in [1.807, 2.05) is 11.8 Å². The van der Waals surface area contributed by atoms with Gasteiger partial charge in [0.15, 0.2) is 0 Å². The van der Waals surface area contributed by atoms with Crippen molar-refractivity contribution in [3.05, 3.63) is 0 Å². The molecule has 1 heterocycles. The van der Waals surface area contributed by atoms with Crippen molar-refractivity contribution in [2.24, 2.45) is 5.92 Å². The SMILES string of the molecule is CCC(C#N)C(=O)N1C(C)CCC1CC. The first-order valence-corrected chi connectivity index (χ1v) is 5.87. The van der Waals surface area contributed by atoms with Gasteiger partial charge in [0.25, 0.3) is 0 Å². The van der Waals surface area contributed by atoms with E-state index in [1.165, 1.54) is 0 Å². The fourth-order valence-electron chi connectivity index (χ4n) is 2.37. The smallest absolute Gasteiger partial charge is 0.240 e. The monoisotopic (exact) mass is 208 g/mol. The average molecular weight is 208 g/mol. The van der Waals surface area contributed by atoms with Crippen molar-refractivity contribution in [1.29, 1.82) is 5.26 Å². The minimum absolute atomic E-state index is 0.0388. The van der Waals surface area contributed by atoms with Gasteiger partial charge in [-0.3, -0.25) is 4.79 Å². The third-order valence-corrected chi connectivity index (χ3v) is 3.37. The summed E-state index contributed by atoms with van der Waals surface area (Å²) in [6.07, 6.45) is 3.78. The molecule has 84 valence electrons. The summed E-state index contributed by atoms with van der Waals surface area (Å²) in [4.78, 5) is 14.0. The van der Waals surface area contributed by atoms with E-state index < -0.39 is 5.92 Å². The lowest BCUT2D eigenvalue weighted by Crippen LogP contribution is -2.42. The molecule has 1 fully saturated rings. The summed E-state index contributed by atoms with van der Waals surface area (Å²) in [7, 11) is 0. The second-order valence-corrected chi connectivity index (χ2v) is 4.32. The quantitative estimate of drug-likeness (QED) is 0.714. The van der Waals surface area contributed by atoms with Crippen LogP contribution in [0.5, 0.6) is 0 Å². The van der Waals surface area contributed by atoms with Gasteiger partial charge in [-0.25, -0.2) is 0 Å². The molecule has 0 bridgehead atoms. The van der Waals surface area contributed by atoms with Gasteiger partial charge in [0, 0.05) is 12.1 Å². The van der Waals surface area contributed by atoms with Gasteiger partial charge >= 0.3 is 0 Å². The Labute approximate surface area is 92.1 Å². The Bertz CT molecular complexity index is 269. The van der Waals surface area contributed by atoms with E-state index in [0.29, 0.717) is 18.5 Å². The Kier molecular flexibility index (Phi) is 4.14. The summed E-state index contributed by atoms with van der Waals surface area (Å²) in [6.45, 7) is 6.08. The molecule has 0 N–H and O–H groups in total. The van der Waals surface area contributed by atoms with Crippen molar-refractivity contribution in [2.45, 2.75) is 58.5 Å². The second-order valence-electron chi connectivity index (χ2n) is 4.32. The second kappa shape index (κ2) is 5.16. The number of likely N-dealkylation sites (tertiary alicyclic amines) is 1. The highest BCUT2D eigenvalue weighted by Crippen LogP contribution is 2.28. The largest absolute Gasteiger partial charge is 0.336 e. The molecule has 0 aromatic rings. The van der Waals surface area contributed by atoms with Gasteiger partial charge in [0.1, 0.15) is 5.92 Å². The minimum atomic E-state index is -0.445. The molecular formula is C12H20N2O. The van der Waals surface area contributed by atoms with Crippen LogP contribution in [-0.2, 0) is 4.79 Å². The molecule has 0 aromatic carbocycles. The maximum Gasteiger partial charge on any atom is 0.240 e. The summed E-state index contributed by atoms with van der Waals surface area (Å²) < 4.78 is 0. The molecule has 0 aromatic heterocycles. The molecule has 1 saturated heterocycles. The molecule has 3 heteroatoms. The van der Waals surface area contributed by atoms with Crippen LogP contribution < -0.4 is 0 Å². The number of carbonyl (C=O) groups is 1. The fraction of sp³-hybridized carbons (Fsp3) is 0.833. The molecule has 3 atom stereocenters. The molecular weight excluding hydrogens is 188 g/mol. The van der Waals surface area contributed by atoms with Gasteiger partial charge in [0.05, 0.1) is 6.07 Å². The van der Waals surface area contributed by atoms with Crippen LogP contribution in [-0.4, -0.2) is 22.9 Å². The number of nitriles is 1. The van der Waals surface area contributed by atoms with Gasteiger partial charge in [0.2, 0.25) is 5.91 Å². The van der Waals surface area contributed by atoms with E-state index in [2.05, 4.69) is 19.9 Å². The highest BCUT2D eigenvalue weighted by molar-refractivity contribution is 5.82. The molecule has 1 amide bonds. The lowest BCUT2D eigenvalue weighted by atomic mass is 10.1. The first-order valence-electron chi connectivity index (χ1n) is 5.87. The van der Waals surface area contributed by atoms with Gasteiger partial charge in [-0.1, -0.05) is 13.8 Å². The predicted octanol–water partition coefficient (Wildman–Crippen LogP) is 2.33. The number of rotatable bonds is 3. The Morgan fingerprint density at radius 3 is 2.67 bits per heavy atom. The molecule has 1 aliphatic heterocycles. The number of carbonyl (C=O) groups excluding carboxylic acids is 1. The molecule has 3 nitrogen and oxygen atoms in total. The standard InChI is InChI=1S/C12H20N2O/c1-4-10(8-13)12(15)14-9(3)6-7-11(14)5-2/h9-11H,4-7H2,1-3H3. The summed E-state index contributed by atoms with van der Waals surface area (Å²) in [6, 6.07) is 2.77. The van der Waals surface area contributed by atoms with Crippen LogP contribution in [0, 0.1) is 17.2 Å². The fourth-order valence-corrected chi connectivity index (χ4v) is 2.37. The summed E-state index contributed by atoms with van der Waals surface area (Å²) in [5, 5.41) is 8.90. The van der Waals surface area contributed by atoms with E-state index >= 15 is 0 Å². The van der Waals surface area contributed by atoms with Crippen LogP contribution in [0.3, 0.4) is 0 Å². The van der Waals surface area contributed by atoms with Crippen molar-refractivity contribution in [1.82, 2.24) is 4.90 Å². The van der Waals surface area contributed by atoms with Crippen molar-refractivity contribution in [2.75, 3.05) is 0 Å². The van der Waals surface area contributed by atoms with Crippen LogP contribution in [0.2, 0.25) is 0 Å². The van der Waals surface area contributed by atoms with Crippen LogP contribution >= 0.6 is 0 Å². The lowest BCUT2D eigenvalue weighted by molar-refractivity contribution is -0.136. The zero-order valence-corrected chi connectivity index (χ0v) is 9.86. The Morgan fingerprint density at radius 1 is 1.53 bits per heavy atom. The van der Waals surface area contributed by atoms with Crippen molar-refractivity contribution < 1.29 is 4.79 Å². The minimum Gasteiger partial charge on any atom is -0.336 e. The van der Waals surface area contributed by atoms with Crippen molar-refractivity contribution in [3.63, 3.8) is 0 Å². The molecule has 0 saturated carbocycles. The molecule has 3 unspecified atom stereocenters. The predicted molar refractivity (Wildman–Crippen MR) is 59.0 cm³/mol. The van der Waals surface area contributed by atoms with Gasteiger partial charge in [-0.15, -0.1) is 0 Å². The Hall–Kier alpha value is -1.04. The highest BCUT2D eigenvalue weighted by atomic mass is 16.2. The van der Waals surface area contributed by atoms with E-state index in [9.17, 15) is 4.79 Å². The zero-order valence-electron chi connectivity index (χ0n) is 9.86. The third kappa shape index (κ3) is 2.31.